The summed E-state index contributed by atoms with van der Waals surface area (Å²) in [5, 5.41) is 3.01. The summed E-state index contributed by atoms with van der Waals surface area (Å²) in [7, 11) is 0. The second-order valence-electron chi connectivity index (χ2n) is 5.33. The highest BCUT2D eigenvalue weighted by molar-refractivity contribution is 5.95. The molecule has 0 bridgehead atoms. The van der Waals surface area contributed by atoms with Crippen molar-refractivity contribution < 1.29 is 4.79 Å². The summed E-state index contributed by atoms with van der Waals surface area (Å²) >= 11 is 0. The van der Waals surface area contributed by atoms with Crippen molar-refractivity contribution >= 4 is 18.3 Å². The van der Waals surface area contributed by atoms with Crippen molar-refractivity contribution in [2.24, 2.45) is 0 Å². The summed E-state index contributed by atoms with van der Waals surface area (Å²) in [6, 6.07) is 7.73. The van der Waals surface area contributed by atoms with Crippen molar-refractivity contribution in [1.29, 1.82) is 0 Å². The Morgan fingerprint density at radius 1 is 1.20 bits per heavy atom. The number of hydrogen-bond acceptors (Lipinski definition) is 2. The summed E-state index contributed by atoms with van der Waals surface area (Å²) < 4.78 is 0. The van der Waals surface area contributed by atoms with E-state index in [1.807, 2.05) is 31.2 Å². The van der Waals surface area contributed by atoms with Gasteiger partial charge in [0.25, 0.3) is 5.91 Å². The zero-order valence-corrected chi connectivity index (χ0v) is 13.0. The van der Waals surface area contributed by atoms with Crippen LogP contribution >= 0.6 is 12.4 Å². The fourth-order valence-corrected chi connectivity index (χ4v) is 2.59. The molecule has 0 saturated carbocycles. The molecule has 3 nitrogen and oxygen atoms in total. The number of aryl methyl sites for hydroxylation is 1. The van der Waals surface area contributed by atoms with Gasteiger partial charge in [-0.15, -0.1) is 12.4 Å². The Balaban J connectivity index is 0.00000200. The van der Waals surface area contributed by atoms with E-state index in [0.717, 1.165) is 24.1 Å². The van der Waals surface area contributed by atoms with Gasteiger partial charge in [-0.2, -0.15) is 0 Å². The molecule has 1 aromatic rings. The maximum atomic E-state index is 12.0. The van der Waals surface area contributed by atoms with E-state index in [0.29, 0.717) is 0 Å². The van der Waals surface area contributed by atoms with E-state index < -0.39 is 0 Å². The normalized spacial score (nSPS) is 14.8. The zero-order valence-electron chi connectivity index (χ0n) is 12.2. The summed E-state index contributed by atoms with van der Waals surface area (Å²) in [6.07, 6.45) is 4.94. The van der Waals surface area contributed by atoms with Crippen LogP contribution in [0.3, 0.4) is 0 Å². The molecule has 1 saturated heterocycles. The van der Waals surface area contributed by atoms with Crippen LogP contribution in [0.2, 0.25) is 0 Å². The molecule has 112 valence electrons. The van der Waals surface area contributed by atoms with Gasteiger partial charge in [0.1, 0.15) is 0 Å². The lowest BCUT2D eigenvalue weighted by Gasteiger charge is -2.14. The Morgan fingerprint density at radius 3 is 2.60 bits per heavy atom. The molecule has 20 heavy (non-hydrogen) atoms. The SMILES string of the molecule is Cc1ccccc1C(=O)NCCCCN1CCCC1.Cl. The molecule has 0 unspecified atom stereocenters. The predicted octanol–water partition coefficient (Wildman–Crippen LogP) is 3.02. The number of halogens is 1. The minimum atomic E-state index is 0. The summed E-state index contributed by atoms with van der Waals surface area (Å²) in [4.78, 5) is 14.5. The van der Waals surface area contributed by atoms with Crippen molar-refractivity contribution in [3.63, 3.8) is 0 Å². The van der Waals surface area contributed by atoms with Crippen LogP contribution in [0.25, 0.3) is 0 Å². The van der Waals surface area contributed by atoms with E-state index in [1.54, 1.807) is 0 Å². The molecule has 1 heterocycles. The molecule has 1 aromatic carbocycles. The highest BCUT2D eigenvalue weighted by atomic mass is 35.5. The molecule has 0 radical (unpaired) electrons. The molecule has 2 rings (SSSR count). The Kier molecular flexibility index (Phi) is 7.63. The van der Waals surface area contributed by atoms with Crippen LogP contribution in [-0.4, -0.2) is 37.0 Å². The van der Waals surface area contributed by atoms with Crippen molar-refractivity contribution in [2.75, 3.05) is 26.2 Å². The third-order valence-electron chi connectivity index (χ3n) is 3.78. The minimum Gasteiger partial charge on any atom is -0.352 e. The number of amides is 1. The van der Waals surface area contributed by atoms with Gasteiger partial charge in [0.05, 0.1) is 0 Å². The molecule has 1 amide bonds. The maximum Gasteiger partial charge on any atom is 0.251 e. The quantitative estimate of drug-likeness (QED) is 0.819. The summed E-state index contributed by atoms with van der Waals surface area (Å²) in [5.74, 6) is 0.0549. The zero-order chi connectivity index (χ0) is 13.5. The van der Waals surface area contributed by atoms with Crippen molar-refractivity contribution in [3.05, 3.63) is 35.4 Å². The van der Waals surface area contributed by atoms with Gasteiger partial charge < -0.3 is 10.2 Å². The van der Waals surface area contributed by atoms with Gasteiger partial charge in [0.15, 0.2) is 0 Å². The monoisotopic (exact) mass is 296 g/mol. The van der Waals surface area contributed by atoms with Gasteiger partial charge >= 0.3 is 0 Å². The van der Waals surface area contributed by atoms with Crippen LogP contribution in [0.1, 0.15) is 41.6 Å². The lowest BCUT2D eigenvalue weighted by molar-refractivity contribution is 0.0952. The summed E-state index contributed by atoms with van der Waals surface area (Å²) in [6.45, 7) is 6.45. The molecule has 0 aromatic heterocycles. The topological polar surface area (TPSA) is 32.3 Å². The number of unbranched alkanes of at least 4 members (excludes halogenated alkanes) is 1. The molecule has 1 N–H and O–H groups in total. The average molecular weight is 297 g/mol. The van der Waals surface area contributed by atoms with Gasteiger partial charge in [0, 0.05) is 12.1 Å². The fraction of sp³-hybridized carbons (Fsp3) is 0.562. The highest BCUT2D eigenvalue weighted by Crippen LogP contribution is 2.08. The van der Waals surface area contributed by atoms with Crippen LogP contribution in [0, 0.1) is 6.92 Å². The Hall–Kier alpha value is -1.06. The van der Waals surface area contributed by atoms with Crippen molar-refractivity contribution in [2.45, 2.75) is 32.6 Å². The Bertz CT molecular complexity index is 417. The standard InChI is InChI=1S/C16H24N2O.ClH/c1-14-8-2-3-9-15(14)16(19)17-10-4-5-11-18-12-6-7-13-18;/h2-3,8-9H,4-7,10-13H2,1H3,(H,17,19);1H. The molecule has 4 heteroatoms. The fourth-order valence-electron chi connectivity index (χ4n) is 2.59. The third kappa shape index (κ3) is 5.14. The van der Waals surface area contributed by atoms with E-state index >= 15 is 0 Å². The van der Waals surface area contributed by atoms with E-state index in [9.17, 15) is 4.79 Å². The number of likely N-dealkylation sites (tertiary alicyclic amines) is 1. The number of benzene rings is 1. The molecule has 0 spiro atoms. The first-order valence-electron chi connectivity index (χ1n) is 7.33. The predicted molar refractivity (Wildman–Crippen MR) is 85.7 cm³/mol. The molecule has 1 aliphatic heterocycles. The van der Waals surface area contributed by atoms with E-state index in [-0.39, 0.29) is 18.3 Å². The van der Waals surface area contributed by atoms with Crippen LogP contribution in [0.15, 0.2) is 24.3 Å². The van der Waals surface area contributed by atoms with Gasteiger partial charge in [-0.1, -0.05) is 18.2 Å². The van der Waals surface area contributed by atoms with Gasteiger partial charge in [-0.05, 0) is 63.9 Å². The lowest BCUT2D eigenvalue weighted by Crippen LogP contribution is -2.26. The molecule has 0 atom stereocenters. The van der Waals surface area contributed by atoms with Crippen molar-refractivity contribution in [3.8, 4) is 0 Å². The number of nitrogens with zero attached hydrogens (tertiary/aromatic N) is 1. The third-order valence-corrected chi connectivity index (χ3v) is 3.78. The number of carbonyl (C=O) groups excluding carboxylic acids is 1. The largest absolute Gasteiger partial charge is 0.352 e. The smallest absolute Gasteiger partial charge is 0.251 e. The molecular weight excluding hydrogens is 272 g/mol. The number of nitrogens with one attached hydrogen (secondary N) is 1. The minimum absolute atomic E-state index is 0. The molecule has 0 aliphatic carbocycles. The number of carbonyl (C=O) groups is 1. The first kappa shape index (κ1) is 17.0. The van der Waals surface area contributed by atoms with E-state index in [4.69, 9.17) is 0 Å². The second kappa shape index (κ2) is 8.98. The van der Waals surface area contributed by atoms with E-state index in [1.165, 1.54) is 38.9 Å². The molecule has 1 fully saturated rings. The van der Waals surface area contributed by atoms with E-state index in [2.05, 4.69) is 10.2 Å². The van der Waals surface area contributed by atoms with Gasteiger partial charge in [-0.25, -0.2) is 0 Å². The van der Waals surface area contributed by atoms with Crippen LogP contribution in [0.5, 0.6) is 0 Å². The lowest BCUT2D eigenvalue weighted by atomic mass is 10.1. The number of rotatable bonds is 6. The van der Waals surface area contributed by atoms with Crippen LogP contribution in [-0.2, 0) is 0 Å². The first-order chi connectivity index (χ1) is 9.27. The highest BCUT2D eigenvalue weighted by Gasteiger charge is 2.10. The first-order valence-corrected chi connectivity index (χ1v) is 7.33. The van der Waals surface area contributed by atoms with Crippen LogP contribution < -0.4 is 5.32 Å². The van der Waals surface area contributed by atoms with Crippen molar-refractivity contribution in [1.82, 2.24) is 10.2 Å². The Labute approximate surface area is 128 Å². The Morgan fingerprint density at radius 2 is 1.90 bits per heavy atom. The summed E-state index contributed by atoms with van der Waals surface area (Å²) in [5.41, 5.74) is 1.83. The average Bonchev–Trinajstić information content (AvgIpc) is 2.92. The van der Waals surface area contributed by atoms with Gasteiger partial charge in [0.2, 0.25) is 0 Å². The van der Waals surface area contributed by atoms with Gasteiger partial charge in [-0.3, -0.25) is 4.79 Å². The second-order valence-corrected chi connectivity index (χ2v) is 5.33. The molecular formula is C16H25ClN2O. The maximum absolute atomic E-state index is 12.0. The molecule has 1 aliphatic rings. The van der Waals surface area contributed by atoms with Crippen LogP contribution in [0.4, 0.5) is 0 Å². The number of hydrogen-bond donors (Lipinski definition) is 1.